The summed E-state index contributed by atoms with van der Waals surface area (Å²) >= 11 is 0. The normalized spacial score (nSPS) is 12.8. The molecule has 0 atom stereocenters. The Morgan fingerprint density at radius 2 is 1.48 bits per heavy atom. The SMILES string of the molecule is Cc1cc(C)cc(C2=Nc3cccc4cc(C)cc2c34)c1. The average molecular weight is 271 g/mol. The van der Waals surface area contributed by atoms with Crippen molar-refractivity contribution >= 4 is 22.2 Å². The summed E-state index contributed by atoms with van der Waals surface area (Å²) in [6, 6.07) is 17.5. The molecule has 3 aromatic rings. The number of aliphatic imine (C=N–C) groups is 1. The second kappa shape index (κ2) is 4.29. The third kappa shape index (κ3) is 1.89. The zero-order valence-corrected chi connectivity index (χ0v) is 12.6. The van der Waals surface area contributed by atoms with Gasteiger partial charge in [0, 0.05) is 16.5 Å². The first-order valence-electron chi connectivity index (χ1n) is 7.33. The monoisotopic (exact) mass is 271 g/mol. The first kappa shape index (κ1) is 12.3. The van der Waals surface area contributed by atoms with E-state index in [1.54, 1.807) is 0 Å². The summed E-state index contributed by atoms with van der Waals surface area (Å²) < 4.78 is 0. The number of hydrogen-bond acceptors (Lipinski definition) is 1. The number of hydrogen-bond donors (Lipinski definition) is 0. The van der Waals surface area contributed by atoms with E-state index in [4.69, 9.17) is 4.99 Å². The third-order valence-corrected chi connectivity index (χ3v) is 4.08. The van der Waals surface area contributed by atoms with Crippen molar-refractivity contribution in [2.45, 2.75) is 20.8 Å². The maximum Gasteiger partial charge on any atom is 0.0789 e. The van der Waals surface area contributed by atoms with Crippen LogP contribution in [0.2, 0.25) is 0 Å². The number of rotatable bonds is 1. The molecule has 1 heteroatoms. The molecule has 102 valence electrons. The Morgan fingerprint density at radius 3 is 2.24 bits per heavy atom. The van der Waals surface area contributed by atoms with Crippen molar-refractivity contribution in [3.8, 4) is 0 Å². The van der Waals surface area contributed by atoms with Gasteiger partial charge in [0.25, 0.3) is 0 Å². The molecule has 1 nitrogen and oxygen atoms in total. The molecular weight excluding hydrogens is 254 g/mol. The quantitative estimate of drug-likeness (QED) is 0.448. The molecule has 0 saturated heterocycles. The van der Waals surface area contributed by atoms with Crippen LogP contribution in [0, 0.1) is 20.8 Å². The summed E-state index contributed by atoms with van der Waals surface area (Å²) in [5.41, 5.74) is 8.54. The topological polar surface area (TPSA) is 12.4 Å². The molecule has 0 aliphatic carbocycles. The van der Waals surface area contributed by atoms with Crippen LogP contribution in [-0.2, 0) is 0 Å². The van der Waals surface area contributed by atoms with Gasteiger partial charge in [0.05, 0.1) is 11.4 Å². The van der Waals surface area contributed by atoms with Crippen molar-refractivity contribution in [1.82, 2.24) is 0 Å². The van der Waals surface area contributed by atoms with Gasteiger partial charge in [0.2, 0.25) is 0 Å². The largest absolute Gasteiger partial charge is 0.247 e. The van der Waals surface area contributed by atoms with Crippen LogP contribution in [0.1, 0.15) is 27.8 Å². The van der Waals surface area contributed by atoms with Crippen LogP contribution in [0.4, 0.5) is 5.69 Å². The Morgan fingerprint density at radius 1 is 0.762 bits per heavy atom. The minimum Gasteiger partial charge on any atom is -0.247 e. The predicted molar refractivity (Wildman–Crippen MR) is 89.9 cm³/mol. The molecule has 4 rings (SSSR count). The molecule has 1 aliphatic rings. The van der Waals surface area contributed by atoms with Crippen LogP contribution in [0.25, 0.3) is 10.8 Å². The summed E-state index contributed by atoms with van der Waals surface area (Å²) in [6.45, 7) is 6.44. The van der Waals surface area contributed by atoms with Crippen molar-refractivity contribution in [2.24, 2.45) is 4.99 Å². The lowest BCUT2D eigenvalue weighted by molar-refractivity contribution is 1.37. The average Bonchev–Trinajstić information content (AvgIpc) is 2.78. The predicted octanol–water partition coefficient (Wildman–Crippen LogP) is 5.25. The van der Waals surface area contributed by atoms with Crippen LogP contribution in [-0.4, -0.2) is 5.71 Å². The minimum absolute atomic E-state index is 1.09. The van der Waals surface area contributed by atoms with E-state index in [9.17, 15) is 0 Å². The minimum atomic E-state index is 1.09. The lowest BCUT2D eigenvalue weighted by atomic mass is 9.95. The molecule has 0 aromatic heterocycles. The van der Waals surface area contributed by atoms with E-state index in [1.165, 1.54) is 38.6 Å². The second-order valence-electron chi connectivity index (χ2n) is 6.02. The molecule has 1 aliphatic heterocycles. The van der Waals surface area contributed by atoms with E-state index in [-0.39, 0.29) is 0 Å². The van der Waals surface area contributed by atoms with E-state index in [2.05, 4.69) is 69.3 Å². The van der Waals surface area contributed by atoms with Gasteiger partial charge in [-0.05, 0) is 56.0 Å². The van der Waals surface area contributed by atoms with Crippen molar-refractivity contribution in [2.75, 3.05) is 0 Å². The van der Waals surface area contributed by atoms with E-state index >= 15 is 0 Å². The molecule has 0 bridgehead atoms. The molecule has 3 aromatic carbocycles. The Labute approximate surface area is 125 Å². The first-order chi connectivity index (χ1) is 10.1. The Hall–Kier alpha value is -2.41. The van der Waals surface area contributed by atoms with Crippen LogP contribution >= 0.6 is 0 Å². The van der Waals surface area contributed by atoms with Crippen molar-refractivity contribution in [1.29, 1.82) is 0 Å². The molecule has 1 heterocycles. The fraction of sp³-hybridized carbons (Fsp3) is 0.150. The maximum atomic E-state index is 4.91. The zero-order valence-electron chi connectivity index (χ0n) is 12.6. The van der Waals surface area contributed by atoms with E-state index in [0.29, 0.717) is 0 Å². The van der Waals surface area contributed by atoms with Gasteiger partial charge in [-0.2, -0.15) is 0 Å². The number of nitrogens with zero attached hydrogens (tertiary/aromatic N) is 1. The highest BCUT2D eigenvalue weighted by molar-refractivity contribution is 6.26. The zero-order chi connectivity index (χ0) is 14.6. The van der Waals surface area contributed by atoms with Crippen molar-refractivity contribution in [3.05, 3.63) is 76.3 Å². The van der Waals surface area contributed by atoms with Crippen LogP contribution in [0.3, 0.4) is 0 Å². The van der Waals surface area contributed by atoms with Crippen molar-refractivity contribution < 1.29 is 0 Å². The lowest BCUT2D eigenvalue weighted by Crippen LogP contribution is -2.02. The molecule has 0 unspecified atom stereocenters. The van der Waals surface area contributed by atoms with Crippen LogP contribution < -0.4 is 0 Å². The fourth-order valence-electron chi connectivity index (χ4n) is 3.35. The number of aryl methyl sites for hydroxylation is 3. The molecule has 0 amide bonds. The highest BCUT2D eigenvalue weighted by Crippen LogP contribution is 2.38. The molecule has 0 saturated carbocycles. The summed E-state index contributed by atoms with van der Waals surface area (Å²) in [4.78, 5) is 4.91. The molecular formula is C20H17N. The lowest BCUT2D eigenvalue weighted by Gasteiger charge is -2.08. The first-order valence-corrected chi connectivity index (χ1v) is 7.33. The van der Waals surface area contributed by atoms with Gasteiger partial charge >= 0.3 is 0 Å². The van der Waals surface area contributed by atoms with Gasteiger partial charge in [-0.25, -0.2) is 4.99 Å². The van der Waals surface area contributed by atoms with Gasteiger partial charge in [-0.1, -0.05) is 35.4 Å². The van der Waals surface area contributed by atoms with E-state index in [0.717, 1.165) is 11.4 Å². The Kier molecular flexibility index (Phi) is 2.52. The van der Waals surface area contributed by atoms with Gasteiger partial charge in [0.1, 0.15) is 0 Å². The maximum absolute atomic E-state index is 4.91. The molecule has 21 heavy (non-hydrogen) atoms. The highest BCUT2D eigenvalue weighted by atomic mass is 14.8. The smallest absolute Gasteiger partial charge is 0.0789 e. The molecule has 0 spiro atoms. The third-order valence-electron chi connectivity index (χ3n) is 4.08. The van der Waals surface area contributed by atoms with E-state index in [1.807, 2.05) is 0 Å². The van der Waals surface area contributed by atoms with Crippen LogP contribution in [0.15, 0.2) is 53.5 Å². The van der Waals surface area contributed by atoms with Gasteiger partial charge in [-0.15, -0.1) is 0 Å². The Bertz CT molecular complexity index is 896. The molecule has 0 radical (unpaired) electrons. The second-order valence-corrected chi connectivity index (χ2v) is 6.02. The van der Waals surface area contributed by atoms with Gasteiger partial charge in [0.15, 0.2) is 0 Å². The van der Waals surface area contributed by atoms with Crippen LogP contribution in [0.5, 0.6) is 0 Å². The molecule has 0 fully saturated rings. The summed E-state index contributed by atoms with van der Waals surface area (Å²) in [7, 11) is 0. The van der Waals surface area contributed by atoms with Gasteiger partial charge in [-0.3, -0.25) is 0 Å². The molecule has 0 N–H and O–H groups in total. The summed E-state index contributed by atoms with van der Waals surface area (Å²) in [5, 5.41) is 2.57. The van der Waals surface area contributed by atoms with Crippen molar-refractivity contribution in [3.63, 3.8) is 0 Å². The number of benzene rings is 3. The standard InChI is InChI=1S/C20H17N/c1-12-7-13(2)10-16(9-12)20-17-11-14(3)8-15-5-4-6-18(21-20)19(15)17/h4-11H,1-3H3. The Balaban J connectivity index is 2.03. The summed E-state index contributed by atoms with van der Waals surface area (Å²) in [6.07, 6.45) is 0. The highest BCUT2D eigenvalue weighted by Gasteiger charge is 2.20. The summed E-state index contributed by atoms with van der Waals surface area (Å²) in [5.74, 6) is 0. The van der Waals surface area contributed by atoms with Gasteiger partial charge < -0.3 is 0 Å². The van der Waals surface area contributed by atoms with E-state index < -0.39 is 0 Å². The fourth-order valence-corrected chi connectivity index (χ4v) is 3.35.